The largest absolute Gasteiger partial charge is 0.330 e. The maximum atomic E-state index is 8.45. The van der Waals surface area contributed by atoms with Gasteiger partial charge in [-0.25, -0.2) is 4.67 Å². The van der Waals surface area contributed by atoms with Crippen molar-refractivity contribution in [2.45, 2.75) is 46.2 Å². The zero-order valence-electron chi connectivity index (χ0n) is 10.3. The molecule has 0 aliphatic rings. The lowest BCUT2D eigenvalue weighted by atomic mass is 10.3. The molecule has 0 aliphatic heterocycles. The highest BCUT2D eigenvalue weighted by molar-refractivity contribution is 7.47. The van der Waals surface area contributed by atoms with E-state index in [1.54, 1.807) is 0 Å². The summed E-state index contributed by atoms with van der Waals surface area (Å²) in [6.07, 6.45) is 0.449. The highest BCUT2D eigenvalue weighted by atomic mass is 31.2. The summed E-state index contributed by atoms with van der Waals surface area (Å²) in [5, 5.41) is 11.6. The van der Waals surface area contributed by atoms with Gasteiger partial charge in [-0.3, -0.25) is 5.09 Å². The SMILES string of the molecule is CNP(OCCC#N)N(C(C)C)C(C)C. The van der Waals surface area contributed by atoms with Gasteiger partial charge in [0.1, 0.15) is 0 Å². The van der Waals surface area contributed by atoms with Crippen molar-refractivity contribution < 1.29 is 4.52 Å². The summed E-state index contributed by atoms with van der Waals surface area (Å²) < 4.78 is 7.97. The number of nitrogens with zero attached hydrogens (tertiary/aromatic N) is 2. The molecule has 1 atom stereocenters. The van der Waals surface area contributed by atoms with Crippen molar-refractivity contribution >= 4 is 8.45 Å². The van der Waals surface area contributed by atoms with E-state index in [1.807, 2.05) is 7.05 Å². The number of nitrogens with one attached hydrogen (secondary N) is 1. The van der Waals surface area contributed by atoms with Gasteiger partial charge >= 0.3 is 0 Å². The van der Waals surface area contributed by atoms with Crippen molar-refractivity contribution in [3.8, 4) is 6.07 Å². The Kier molecular flexibility index (Phi) is 7.90. The summed E-state index contributed by atoms with van der Waals surface area (Å²) in [4.78, 5) is 0. The van der Waals surface area contributed by atoms with Crippen LogP contribution in [0.2, 0.25) is 0 Å². The summed E-state index contributed by atoms with van der Waals surface area (Å²) in [6, 6.07) is 2.96. The van der Waals surface area contributed by atoms with Gasteiger partial charge in [-0.1, -0.05) is 0 Å². The van der Waals surface area contributed by atoms with E-state index in [9.17, 15) is 0 Å². The number of nitriles is 1. The standard InChI is InChI=1S/C10H22N3OP/c1-9(2)13(10(3)4)15(12-5)14-8-6-7-11/h9-10,12H,6,8H2,1-5H3. The van der Waals surface area contributed by atoms with Gasteiger partial charge in [0.2, 0.25) is 0 Å². The minimum atomic E-state index is -0.780. The van der Waals surface area contributed by atoms with E-state index in [1.165, 1.54) is 0 Å². The van der Waals surface area contributed by atoms with Crippen molar-refractivity contribution in [2.75, 3.05) is 13.7 Å². The minimum absolute atomic E-state index is 0.436. The Morgan fingerprint density at radius 2 is 1.87 bits per heavy atom. The molecule has 0 heterocycles. The van der Waals surface area contributed by atoms with Gasteiger partial charge in [0, 0.05) is 12.1 Å². The molecule has 0 rings (SSSR count). The highest BCUT2D eigenvalue weighted by Crippen LogP contribution is 2.40. The quantitative estimate of drug-likeness (QED) is 0.540. The van der Waals surface area contributed by atoms with Gasteiger partial charge in [0.15, 0.2) is 8.45 Å². The van der Waals surface area contributed by atoms with E-state index in [0.29, 0.717) is 25.1 Å². The first kappa shape index (κ1) is 14.8. The van der Waals surface area contributed by atoms with E-state index in [2.05, 4.69) is 43.5 Å². The topological polar surface area (TPSA) is 48.3 Å². The molecule has 1 N–H and O–H groups in total. The Balaban J connectivity index is 4.27. The van der Waals surface area contributed by atoms with Gasteiger partial charge in [0.05, 0.1) is 19.1 Å². The van der Waals surface area contributed by atoms with Crippen LogP contribution in [0.5, 0.6) is 0 Å². The lowest BCUT2D eigenvalue weighted by molar-refractivity contribution is 0.252. The highest BCUT2D eigenvalue weighted by Gasteiger charge is 2.23. The first-order valence-electron chi connectivity index (χ1n) is 5.30. The number of rotatable bonds is 7. The molecule has 0 spiro atoms. The van der Waals surface area contributed by atoms with Gasteiger partial charge < -0.3 is 4.52 Å². The molecule has 0 saturated heterocycles. The van der Waals surface area contributed by atoms with Crippen LogP contribution in [0.4, 0.5) is 0 Å². The van der Waals surface area contributed by atoms with Crippen LogP contribution in [0.25, 0.3) is 0 Å². The van der Waals surface area contributed by atoms with Crippen LogP contribution in [-0.2, 0) is 4.52 Å². The molecule has 15 heavy (non-hydrogen) atoms. The maximum absolute atomic E-state index is 8.45. The van der Waals surface area contributed by atoms with Crippen LogP contribution >= 0.6 is 8.45 Å². The summed E-state index contributed by atoms with van der Waals surface area (Å²) in [5.41, 5.74) is 0. The first-order chi connectivity index (χ1) is 7.04. The molecular formula is C10H22N3OP. The summed E-state index contributed by atoms with van der Waals surface area (Å²) in [6.45, 7) is 9.11. The smallest absolute Gasteiger partial charge is 0.185 e. The Morgan fingerprint density at radius 1 is 1.33 bits per heavy atom. The van der Waals surface area contributed by atoms with E-state index >= 15 is 0 Å². The Morgan fingerprint density at radius 3 is 2.20 bits per heavy atom. The monoisotopic (exact) mass is 231 g/mol. The predicted octanol–water partition coefficient (Wildman–Crippen LogP) is 2.48. The van der Waals surface area contributed by atoms with E-state index in [4.69, 9.17) is 9.79 Å². The van der Waals surface area contributed by atoms with Crippen molar-refractivity contribution in [1.29, 1.82) is 5.26 Å². The molecule has 5 heteroatoms. The fraction of sp³-hybridized carbons (Fsp3) is 0.900. The third-order valence-corrected chi connectivity index (χ3v) is 4.04. The van der Waals surface area contributed by atoms with Gasteiger partial charge in [0.25, 0.3) is 0 Å². The lowest BCUT2D eigenvalue weighted by Crippen LogP contribution is -2.36. The Labute approximate surface area is 94.5 Å². The Hall–Kier alpha value is -0.200. The van der Waals surface area contributed by atoms with Crippen molar-refractivity contribution in [2.24, 2.45) is 0 Å². The third kappa shape index (κ3) is 5.44. The second-order valence-corrected chi connectivity index (χ2v) is 5.52. The second-order valence-electron chi connectivity index (χ2n) is 3.81. The van der Waals surface area contributed by atoms with Crippen LogP contribution in [0.15, 0.2) is 0 Å². The maximum Gasteiger partial charge on any atom is 0.185 e. The zero-order chi connectivity index (χ0) is 11.8. The van der Waals surface area contributed by atoms with E-state index in [-0.39, 0.29) is 0 Å². The molecule has 0 aromatic carbocycles. The second kappa shape index (κ2) is 8.01. The normalized spacial score (nSPS) is 13.5. The molecule has 88 valence electrons. The van der Waals surface area contributed by atoms with Gasteiger partial charge in [-0.2, -0.15) is 5.26 Å². The van der Waals surface area contributed by atoms with E-state index < -0.39 is 8.45 Å². The molecule has 0 aromatic heterocycles. The molecule has 0 aliphatic carbocycles. The molecule has 4 nitrogen and oxygen atoms in total. The summed E-state index contributed by atoms with van der Waals surface area (Å²) in [7, 11) is 1.12. The average Bonchev–Trinajstić information content (AvgIpc) is 2.15. The molecule has 0 amide bonds. The predicted molar refractivity (Wildman–Crippen MR) is 64.3 cm³/mol. The van der Waals surface area contributed by atoms with Crippen molar-refractivity contribution in [3.05, 3.63) is 0 Å². The summed E-state index contributed by atoms with van der Waals surface area (Å²) >= 11 is 0. The third-order valence-electron chi connectivity index (χ3n) is 1.89. The lowest BCUT2D eigenvalue weighted by Gasteiger charge is -2.36. The number of hydrogen-bond donors (Lipinski definition) is 1. The molecule has 0 fully saturated rings. The van der Waals surface area contributed by atoms with Gasteiger partial charge in [-0.15, -0.1) is 0 Å². The van der Waals surface area contributed by atoms with Crippen LogP contribution in [0, 0.1) is 11.3 Å². The fourth-order valence-corrected chi connectivity index (χ4v) is 3.04. The Bertz CT molecular complexity index is 195. The molecule has 0 bridgehead atoms. The average molecular weight is 231 g/mol. The van der Waals surface area contributed by atoms with Crippen molar-refractivity contribution in [3.63, 3.8) is 0 Å². The van der Waals surface area contributed by atoms with Crippen LogP contribution in [0.3, 0.4) is 0 Å². The minimum Gasteiger partial charge on any atom is -0.330 e. The summed E-state index contributed by atoms with van der Waals surface area (Å²) in [5.74, 6) is 0. The molecule has 0 saturated carbocycles. The molecule has 0 aromatic rings. The van der Waals surface area contributed by atoms with Crippen LogP contribution < -0.4 is 5.09 Å². The van der Waals surface area contributed by atoms with Gasteiger partial charge in [-0.05, 0) is 34.7 Å². The molecule has 0 radical (unpaired) electrons. The molecule has 1 unspecified atom stereocenters. The zero-order valence-corrected chi connectivity index (χ0v) is 11.2. The van der Waals surface area contributed by atoms with E-state index in [0.717, 1.165) is 0 Å². The number of hydrogen-bond acceptors (Lipinski definition) is 4. The van der Waals surface area contributed by atoms with Crippen LogP contribution in [-0.4, -0.2) is 30.4 Å². The van der Waals surface area contributed by atoms with Crippen molar-refractivity contribution in [1.82, 2.24) is 9.76 Å². The first-order valence-corrected chi connectivity index (χ1v) is 6.51. The fourth-order valence-electron chi connectivity index (χ4n) is 1.44. The van der Waals surface area contributed by atoms with Crippen LogP contribution in [0.1, 0.15) is 34.1 Å². The molecular weight excluding hydrogens is 209 g/mol.